The lowest BCUT2D eigenvalue weighted by atomic mass is 10.0. The fourth-order valence-corrected chi connectivity index (χ4v) is 1.19. The van der Waals surface area contributed by atoms with Crippen LogP contribution in [0.4, 0.5) is 0 Å². The molecule has 0 aromatic carbocycles. The second-order valence-corrected chi connectivity index (χ2v) is 5.08. The van der Waals surface area contributed by atoms with E-state index in [4.69, 9.17) is 11.5 Å². The van der Waals surface area contributed by atoms with Gasteiger partial charge >= 0.3 is 17.9 Å². The molecule has 1 N–H and O–H groups in total. The smallest absolute Gasteiger partial charge is 0.348 e. The average molecular weight is 308 g/mol. The minimum Gasteiger partial charge on any atom is -0.481 e. The summed E-state index contributed by atoms with van der Waals surface area (Å²) in [5.41, 5.74) is 0. The van der Waals surface area contributed by atoms with Crippen molar-refractivity contribution in [1.82, 2.24) is 0 Å². The second-order valence-electron chi connectivity index (χ2n) is 3.54. The molecule has 1 atom stereocenters. The highest BCUT2D eigenvalue weighted by molar-refractivity contribution is 7.85. The van der Waals surface area contributed by atoms with Crippen LogP contribution in [0.2, 0.25) is 0 Å². The number of aliphatic carboxylic acids is 1. The van der Waals surface area contributed by atoms with E-state index in [1.54, 1.807) is 0 Å². The lowest BCUT2D eigenvalue weighted by Crippen LogP contribution is -2.25. The van der Waals surface area contributed by atoms with Crippen molar-refractivity contribution in [3.05, 3.63) is 0 Å². The molecule has 0 aliphatic heterocycles. The van der Waals surface area contributed by atoms with Crippen molar-refractivity contribution in [2.45, 2.75) is 12.8 Å². The summed E-state index contributed by atoms with van der Waals surface area (Å²) in [6.07, 6.45) is 4.06. The van der Waals surface area contributed by atoms with Crippen molar-refractivity contribution in [2.24, 2.45) is 5.92 Å². The Balaban J connectivity index is 4.62. The van der Waals surface area contributed by atoms with E-state index >= 15 is 0 Å². The first-order chi connectivity index (χ1) is 9.15. The Kier molecular flexibility index (Phi) is 7.27. The van der Waals surface area contributed by atoms with E-state index < -0.39 is 46.8 Å². The van der Waals surface area contributed by atoms with Crippen LogP contribution in [-0.4, -0.2) is 44.3 Å². The Morgan fingerprint density at radius 3 is 2.35 bits per heavy atom. The minimum atomic E-state index is -4.06. The van der Waals surface area contributed by atoms with Crippen molar-refractivity contribution >= 4 is 28.0 Å². The first-order valence-corrected chi connectivity index (χ1v) is 6.88. The molecule has 10 heteroatoms. The molecule has 0 radical (unpaired) electrons. The van der Waals surface area contributed by atoms with Crippen molar-refractivity contribution in [1.29, 1.82) is 0 Å². The molecular formula is C10H12O9S. The predicted molar refractivity (Wildman–Crippen MR) is 62.2 cm³/mol. The molecule has 0 aromatic heterocycles. The van der Waals surface area contributed by atoms with Crippen molar-refractivity contribution in [3.63, 3.8) is 0 Å². The number of carbonyl (C=O) groups is 3. The van der Waals surface area contributed by atoms with Gasteiger partial charge in [-0.15, -0.1) is 6.42 Å². The highest BCUT2D eigenvalue weighted by Gasteiger charge is 2.28. The van der Waals surface area contributed by atoms with Crippen LogP contribution in [-0.2, 0) is 38.5 Å². The number of esters is 1. The summed E-state index contributed by atoms with van der Waals surface area (Å²) in [6, 6.07) is 0. The van der Waals surface area contributed by atoms with Gasteiger partial charge < -0.3 is 9.84 Å². The molecule has 0 fully saturated rings. The molecule has 9 nitrogen and oxygen atoms in total. The molecule has 0 saturated carbocycles. The molecule has 1 unspecified atom stereocenters. The average Bonchev–Trinajstić information content (AvgIpc) is 2.31. The van der Waals surface area contributed by atoms with E-state index in [-0.39, 0.29) is 6.61 Å². The monoisotopic (exact) mass is 308 g/mol. The van der Waals surface area contributed by atoms with E-state index in [1.807, 2.05) is 5.92 Å². The number of terminal acetylenes is 1. The van der Waals surface area contributed by atoms with Gasteiger partial charge in [-0.3, -0.25) is 14.5 Å². The Morgan fingerprint density at radius 2 is 1.90 bits per heavy atom. The molecule has 0 spiro atoms. The third-order valence-electron chi connectivity index (χ3n) is 1.72. The maximum absolute atomic E-state index is 11.4. The lowest BCUT2D eigenvalue weighted by molar-refractivity contribution is -0.217. The quantitative estimate of drug-likeness (QED) is 0.261. The van der Waals surface area contributed by atoms with E-state index in [9.17, 15) is 22.8 Å². The van der Waals surface area contributed by atoms with Crippen molar-refractivity contribution in [2.75, 3.05) is 12.9 Å². The van der Waals surface area contributed by atoms with Crippen LogP contribution in [0.5, 0.6) is 0 Å². The molecule has 20 heavy (non-hydrogen) atoms. The van der Waals surface area contributed by atoms with Crippen LogP contribution in [0.3, 0.4) is 0 Å². The van der Waals surface area contributed by atoms with E-state index in [1.165, 1.54) is 0 Å². The topological polar surface area (TPSA) is 133 Å². The van der Waals surface area contributed by atoms with Gasteiger partial charge in [-0.05, 0) is 0 Å². The third-order valence-corrected chi connectivity index (χ3v) is 2.04. The van der Waals surface area contributed by atoms with Gasteiger partial charge in [-0.1, -0.05) is 10.3 Å². The van der Waals surface area contributed by atoms with E-state index in [2.05, 4.69) is 14.0 Å². The maximum atomic E-state index is 11.4. The Morgan fingerprint density at radius 1 is 1.30 bits per heavy atom. The van der Waals surface area contributed by atoms with Crippen LogP contribution in [0, 0.1) is 18.3 Å². The van der Waals surface area contributed by atoms with E-state index in [0.717, 1.165) is 0 Å². The molecule has 0 bridgehead atoms. The second kappa shape index (κ2) is 8.13. The molecule has 0 heterocycles. The van der Waals surface area contributed by atoms with Gasteiger partial charge in [0.2, 0.25) is 0 Å². The standard InChI is InChI=1S/C10H12O9S/c1-3-4-17-9(13)6-7(5-8(11)12)10(14)18-19-20(2,15)16/h1,7H,4-6H2,2H3,(H,11,12). The van der Waals surface area contributed by atoms with Crippen molar-refractivity contribution in [3.8, 4) is 12.3 Å². The first-order valence-electron chi connectivity index (χ1n) is 5.06. The molecule has 0 amide bonds. The molecule has 0 rings (SSSR count). The number of ether oxygens (including phenoxy) is 1. The molecule has 112 valence electrons. The normalized spacial score (nSPS) is 12.0. The van der Waals surface area contributed by atoms with Crippen molar-refractivity contribution < 1.29 is 41.9 Å². The zero-order valence-electron chi connectivity index (χ0n) is 10.4. The number of carbonyl (C=O) groups excluding carboxylic acids is 2. The van der Waals surface area contributed by atoms with Crippen LogP contribution in [0.1, 0.15) is 12.8 Å². The largest absolute Gasteiger partial charge is 0.481 e. The van der Waals surface area contributed by atoms with Crippen LogP contribution in [0.25, 0.3) is 0 Å². The summed E-state index contributed by atoms with van der Waals surface area (Å²) < 4.78 is 29.5. The third kappa shape index (κ3) is 8.90. The first kappa shape index (κ1) is 17.9. The Hall–Kier alpha value is -2.12. The zero-order chi connectivity index (χ0) is 15.8. The number of carboxylic acid groups (broad SMARTS) is 1. The number of hydrogen-bond acceptors (Lipinski definition) is 8. The number of rotatable bonds is 8. The Labute approximate surface area is 114 Å². The minimum absolute atomic E-state index is 0.340. The molecule has 0 aliphatic rings. The van der Waals surface area contributed by atoms with Crippen LogP contribution in [0.15, 0.2) is 0 Å². The summed E-state index contributed by atoms with van der Waals surface area (Å²) in [5.74, 6) is -3.09. The molecule has 0 aliphatic carbocycles. The highest BCUT2D eigenvalue weighted by atomic mass is 32.2. The van der Waals surface area contributed by atoms with Gasteiger partial charge in [0, 0.05) is 0 Å². The number of hydrogen-bond donors (Lipinski definition) is 1. The summed E-state index contributed by atoms with van der Waals surface area (Å²) in [4.78, 5) is 37.1. The van der Waals surface area contributed by atoms with Gasteiger partial charge in [-0.25, -0.2) is 4.79 Å². The van der Waals surface area contributed by atoms with Gasteiger partial charge in [0.25, 0.3) is 10.1 Å². The fourth-order valence-electron chi connectivity index (χ4n) is 0.995. The summed E-state index contributed by atoms with van der Waals surface area (Å²) in [7, 11) is -4.06. The SMILES string of the molecule is C#CCOC(=O)CC(CC(=O)O)C(=O)OOS(C)(=O)=O. The van der Waals surface area contributed by atoms with Gasteiger partial charge in [0.15, 0.2) is 6.61 Å². The van der Waals surface area contributed by atoms with Crippen LogP contribution < -0.4 is 0 Å². The van der Waals surface area contributed by atoms with Gasteiger partial charge in [0.05, 0.1) is 25.0 Å². The lowest BCUT2D eigenvalue weighted by Gasteiger charge is -2.11. The molecular weight excluding hydrogens is 296 g/mol. The summed E-state index contributed by atoms with van der Waals surface area (Å²) in [6.45, 7) is -0.340. The number of carboxylic acids is 1. The Bertz CT molecular complexity index is 513. The highest BCUT2D eigenvalue weighted by Crippen LogP contribution is 2.13. The van der Waals surface area contributed by atoms with Gasteiger partial charge in [0.1, 0.15) is 0 Å². The summed E-state index contributed by atoms with van der Waals surface area (Å²) in [5, 5.41) is 8.60. The predicted octanol–water partition coefficient (Wildman–Crippen LogP) is -0.922. The maximum Gasteiger partial charge on any atom is 0.348 e. The fraction of sp³-hybridized carbons (Fsp3) is 0.500. The molecule has 0 saturated heterocycles. The summed E-state index contributed by atoms with van der Waals surface area (Å²) >= 11 is 0. The van der Waals surface area contributed by atoms with Crippen LogP contribution >= 0.6 is 0 Å². The molecule has 0 aromatic rings. The zero-order valence-corrected chi connectivity index (χ0v) is 11.2. The van der Waals surface area contributed by atoms with Gasteiger partial charge in [-0.2, -0.15) is 8.42 Å². The van der Waals surface area contributed by atoms with E-state index in [0.29, 0.717) is 6.26 Å².